The van der Waals surface area contributed by atoms with E-state index in [-0.39, 0.29) is 70.4 Å². The second-order valence-corrected chi connectivity index (χ2v) is 27.1. The predicted octanol–water partition coefficient (Wildman–Crippen LogP) is 5.17. The standard InChI is InChI=1S/C67H95ClF3N11O11/c1-13-39(3)54-64(92)78(10)43(7)60(88)82-33-29-51(82)62(90)79(11)52(37-45-21-18-20-38(2)34-45)63(91)77(9)42(6)56(84)73-49(28-26-44-25-27-47(48(68)36-44)67(69,70)71)61(89)81-32-19-24-50(81)58(86)75-66(30-16-17-31-66)65(93)80(12)55(46-22-14-15-23-46)59(87)72-40(4)35-53(83)76(8)41(5)57(85)74-54/h18,20-21,25,27,34,36,39-43,46,49-52,54-55H,13-17,19,22-24,26,28-33,35,37H2,1-12H3,(H,72,87)(H,73,84)(H,74,85)(H,75,86)/t39-,40+,41-,42+,43-,49-,50-,51-,52-,54-,55-/m0/s1. The Morgan fingerprint density at radius 1 is 0.613 bits per heavy atom. The molecule has 3 saturated heterocycles. The van der Waals surface area contributed by atoms with Gasteiger partial charge in [0, 0.05) is 67.2 Å². The highest BCUT2D eigenvalue weighted by atomic mass is 35.5. The Balaban J connectivity index is 1.25. The normalized spacial score (nSPS) is 28.4. The summed E-state index contributed by atoms with van der Waals surface area (Å²) in [5.41, 5.74) is -0.727. The largest absolute Gasteiger partial charge is 0.417 e. The van der Waals surface area contributed by atoms with E-state index in [0.717, 1.165) is 35.4 Å². The van der Waals surface area contributed by atoms with E-state index in [1.807, 2.05) is 26.0 Å². The van der Waals surface area contributed by atoms with Crippen molar-refractivity contribution in [2.45, 2.75) is 223 Å². The summed E-state index contributed by atoms with van der Waals surface area (Å²) >= 11 is 6.15. The molecular formula is C67H95ClF3N11O11. The fourth-order valence-electron chi connectivity index (χ4n) is 13.7. The number of amides is 11. The lowest BCUT2D eigenvalue weighted by Crippen LogP contribution is -2.65. The molecule has 5 fully saturated rings. The number of likely N-dealkylation sites (N-methyl/N-ethyl adjacent to an activating group) is 5. The lowest BCUT2D eigenvalue weighted by atomic mass is 9.90. The third-order valence-electron chi connectivity index (χ3n) is 20.4. The predicted molar refractivity (Wildman–Crippen MR) is 341 cm³/mol. The summed E-state index contributed by atoms with van der Waals surface area (Å²) in [6.45, 7) is 11.7. The van der Waals surface area contributed by atoms with Gasteiger partial charge in [-0.3, -0.25) is 52.7 Å². The van der Waals surface area contributed by atoms with Gasteiger partial charge in [0.15, 0.2) is 0 Å². The third-order valence-corrected chi connectivity index (χ3v) is 20.7. The molecule has 22 nitrogen and oxygen atoms in total. The first kappa shape index (κ1) is 73.1. The molecule has 512 valence electrons. The van der Waals surface area contributed by atoms with E-state index in [9.17, 15) is 51.5 Å². The van der Waals surface area contributed by atoms with Crippen molar-refractivity contribution in [2.24, 2.45) is 11.8 Å². The zero-order valence-corrected chi connectivity index (χ0v) is 56.6. The van der Waals surface area contributed by atoms with Crippen molar-refractivity contribution in [2.75, 3.05) is 48.3 Å². The number of hydrogen-bond acceptors (Lipinski definition) is 11. The smallest absolute Gasteiger partial charge is 0.351 e. The van der Waals surface area contributed by atoms with Crippen LogP contribution in [-0.2, 0) is 71.8 Å². The summed E-state index contributed by atoms with van der Waals surface area (Å²) in [4.78, 5) is 171. The number of fused-ring (bicyclic) bond motifs is 2. The molecule has 26 heteroatoms. The van der Waals surface area contributed by atoms with Gasteiger partial charge in [0.25, 0.3) is 0 Å². The molecule has 2 saturated carbocycles. The minimum Gasteiger partial charge on any atom is -0.351 e. The van der Waals surface area contributed by atoms with E-state index in [2.05, 4.69) is 21.3 Å². The van der Waals surface area contributed by atoms with Gasteiger partial charge in [-0.05, 0) is 128 Å². The van der Waals surface area contributed by atoms with Crippen LogP contribution in [0.3, 0.4) is 0 Å². The second-order valence-electron chi connectivity index (χ2n) is 26.7. The fourth-order valence-corrected chi connectivity index (χ4v) is 14.1. The van der Waals surface area contributed by atoms with E-state index in [0.29, 0.717) is 49.7 Å². The van der Waals surface area contributed by atoms with Crippen molar-refractivity contribution < 1.29 is 65.9 Å². The minimum atomic E-state index is -4.75. The molecule has 0 unspecified atom stereocenters. The van der Waals surface area contributed by atoms with Crippen LogP contribution < -0.4 is 21.3 Å². The zero-order valence-electron chi connectivity index (χ0n) is 55.8. The van der Waals surface area contributed by atoms with Crippen LogP contribution in [0.2, 0.25) is 5.02 Å². The van der Waals surface area contributed by atoms with Crippen LogP contribution in [0.1, 0.15) is 154 Å². The highest BCUT2D eigenvalue weighted by Crippen LogP contribution is 2.38. The number of rotatable bonds is 8. The van der Waals surface area contributed by atoms with Crippen LogP contribution >= 0.6 is 11.6 Å². The molecule has 2 aliphatic carbocycles. The van der Waals surface area contributed by atoms with Gasteiger partial charge in [0.2, 0.25) is 65.0 Å². The molecule has 11 atom stereocenters. The second kappa shape index (κ2) is 30.8. The first-order chi connectivity index (χ1) is 43.7. The number of benzene rings is 2. The van der Waals surface area contributed by atoms with Gasteiger partial charge in [-0.15, -0.1) is 0 Å². The number of hydrogen-bond donors (Lipinski definition) is 4. The number of carbonyl (C=O) groups is 11. The van der Waals surface area contributed by atoms with Crippen LogP contribution in [0, 0.1) is 18.8 Å². The number of halogens is 4. The SMILES string of the molecule is CC[C@H](C)[C@@H]1NC(=O)[C@H](C)N(C)C(=O)C[C@@H](C)NC(=O)[C@H](C2CCCC2)N(C)C(=O)C2(CCCC2)NC(=O)[C@@H]2CCCN2C(=O)[C@H](CCc2ccc(C(F)(F)F)c(Cl)c2)NC(=O)[C@@H](C)N(C)C(=O)[C@H](Cc2cccc(C)c2)N(C)C(=O)[C@@H]2CCN2C(=O)[C@H](C)N(C)C1=O. The maximum absolute atomic E-state index is 15.2. The van der Waals surface area contributed by atoms with Gasteiger partial charge < -0.3 is 55.6 Å². The number of alkyl halides is 3. The Morgan fingerprint density at radius 3 is 1.84 bits per heavy atom. The Morgan fingerprint density at radius 2 is 1.24 bits per heavy atom. The topological polar surface area (TPSA) is 259 Å². The van der Waals surface area contributed by atoms with Crippen molar-refractivity contribution >= 4 is 76.6 Å². The first-order valence-electron chi connectivity index (χ1n) is 32.8. The quantitative estimate of drug-likeness (QED) is 0.268. The number of nitrogens with zero attached hydrogens (tertiary/aromatic N) is 7. The number of aryl methyl sites for hydroxylation is 2. The van der Waals surface area contributed by atoms with Crippen LogP contribution in [0.15, 0.2) is 42.5 Å². The average Bonchev–Trinajstić information content (AvgIpc) is 1.78. The van der Waals surface area contributed by atoms with E-state index in [1.165, 1.54) is 91.5 Å². The average molecular weight is 1320 g/mol. The summed E-state index contributed by atoms with van der Waals surface area (Å²) in [6.07, 6.45) is 0.258. The molecule has 2 aromatic carbocycles. The third kappa shape index (κ3) is 16.6. The molecule has 7 rings (SSSR count). The summed E-state index contributed by atoms with van der Waals surface area (Å²) in [5, 5.41) is 11.1. The molecule has 3 heterocycles. The van der Waals surface area contributed by atoms with Crippen molar-refractivity contribution in [1.29, 1.82) is 0 Å². The lowest BCUT2D eigenvalue weighted by Gasteiger charge is -2.45. The molecule has 0 aromatic heterocycles. The van der Waals surface area contributed by atoms with Gasteiger partial charge in [0.05, 0.1) is 10.6 Å². The van der Waals surface area contributed by atoms with E-state index < -0.39 is 154 Å². The maximum atomic E-state index is 15.2. The van der Waals surface area contributed by atoms with Gasteiger partial charge in [-0.1, -0.05) is 93.4 Å². The van der Waals surface area contributed by atoms with Crippen molar-refractivity contribution in [3.63, 3.8) is 0 Å². The molecule has 2 aromatic rings. The molecule has 5 aliphatic rings. The maximum Gasteiger partial charge on any atom is 0.417 e. The summed E-state index contributed by atoms with van der Waals surface area (Å²) in [7, 11) is 7.19. The molecule has 1 spiro atoms. The van der Waals surface area contributed by atoms with E-state index >= 15 is 14.4 Å². The first-order valence-corrected chi connectivity index (χ1v) is 33.2. The van der Waals surface area contributed by atoms with E-state index in [1.54, 1.807) is 26.0 Å². The lowest BCUT2D eigenvalue weighted by molar-refractivity contribution is -0.160. The summed E-state index contributed by atoms with van der Waals surface area (Å²) in [5.74, 6) is -7.52. The van der Waals surface area contributed by atoms with Gasteiger partial charge in [0.1, 0.15) is 59.9 Å². The zero-order chi connectivity index (χ0) is 68.7. The number of nitrogens with one attached hydrogen (secondary N) is 4. The summed E-state index contributed by atoms with van der Waals surface area (Å²) < 4.78 is 41.5. The molecular weight excluding hydrogens is 1230 g/mol. The molecule has 0 bridgehead atoms. The minimum absolute atomic E-state index is 0.0328. The van der Waals surface area contributed by atoms with Crippen LogP contribution in [0.25, 0.3) is 0 Å². The Hall–Kier alpha value is -7.31. The van der Waals surface area contributed by atoms with Crippen LogP contribution in [0.5, 0.6) is 0 Å². The van der Waals surface area contributed by atoms with Gasteiger partial charge >= 0.3 is 6.18 Å². The van der Waals surface area contributed by atoms with Gasteiger partial charge in [-0.2, -0.15) is 13.2 Å². The highest BCUT2D eigenvalue weighted by molar-refractivity contribution is 6.31. The molecule has 0 radical (unpaired) electrons. The Bertz CT molecular complexity index is 3140. The van der Waals surface area contributed by atoms with Crippen LogP contribution in [0.4, 0.5) is 13.2 Å². The van der Waals surface area contributed by atoms with Crippen molar-refractivity contribution in [3.05, 3.63) is 69.7 Å². The Labute approximate surface area is 549 Å². The van der Waals surface area contributed by atoms with Crippen molar-refractivity contribution in [1.82, 2.24) is 55.6 Å². The monoisotopic (exact) mass is 1320 g/mol. The summed E-state index contributed by atoms with van der Waals surface area (Å²) in [6, 6.07) is -1.02. The van der Waals surface area contributed by atoms with Crippen LogP contribution in [-0.4, -0.2) is 214 Å². The Kier molecular flexibility index (Phi) is 24.2. The van der Waals surface area contributed by atoms with Gasteiger partial charge in [-0.25, -0.2) is 0 Å². The highest BCUT2D eigenvalue weighted by Gasteiger charge is 2.51. The molecule has 93 heavy (non-hydrogen) atoms. The molecule has 11 amide bonds. The number of carbonyl (C=O) groups excluding carboxylic acids is 11. The molecule has 4 N–H and O–H groups in total. The van der Waals surface area contributed by atoms with Crippen molar-refractivity contribution in [3.8, 4) is 0 Å². The van der Waals surface area contributed by atoms with E-state index in [4.69, 9.17) is 11.6 Å². The fraction of sp³-hybridized carbons (Fsp3) is 0.657. The molecule has 3 aliphatic heterocycles.